The Bertz CT molecular complexity index is 407. The molecule has 0 heterocycles. The third-order valence-electron chi connectivity index (χ3n) is 3.03. The van der Waals surface area contributed by atoms with E-state index in [-0.39, 0.29) is 11.2 Å². The molecule has 0 spiro atoms. The van der Waals surface area contributed by atoms with Crippen molar-refractivity contribution in [1.82, 2.24) is 0 Å². The average Bonchev–Trinajstić information content (AvgIpc) is 3.02. The third kappa shape index (κ3) is 2.59. The minimum atomic E-state index is -0.229. The molecule has 1 aliphatic carbocycles. The summed E-state index contributed by atoms with van der Waals surface area (Å²) in [7, 11) is 0. The molecular weight excluding hydrogens is 205 g/mol. The monoisotopic (exact) mass is 219 g/mol. The van der Waals surface area contributed by atoms with Crippen LogP contribution in [-0.4, -0.2) is 6.61 Å². The Morgan fingerprint density at radius 3 is 2.75 bits per heavy atom. The summed E-state index contributed by atoms with van der Waals surface area (Å²) in [6, 6.07) is 8.79. The van der Waals surface area contributed by atoms with E-state index >= 15 is 0 Å². The lowest BCUT2D eigenvalue weighted by Crippen LogP contribution is -2.10. The molecule has 0 aromatic heterocycles. The van der Waals surface area contributed by atoms with Crippen molar-refractivity contribution < 1.29 is 9.13 Å². The Labute approximate surface area is 94.7 Å². The number of nitrogens with zero attached hydrogens (tertiary/aromatic N) is 1. The molecule has 2 rings (SSSR count). The third-order valence-corrected chi connectivity index (χ3v) is 3.03. The SMILES string of the molecule is N#CCC1(COCc2ccccc2F)CC1. The van der Waals surface area contributed by atoms with E-state index in [0.29, 0.717) is 25.2 Å². The summed E-state index contributed by atoms with van der Waals surface area (Å²) in [4.78, 5) is 0. The van der Waals surface area contributed by atoms with Crippen molar-refractivity contribution >= 4 is 0 Å². The summed E-state index contributed by atoms with van der Waals surface area (Å²) in [5.74, 6) is -0.229. The van der Waals surface area contributed by atoms with Crippen LogP contribution in [0.3, 0.4) is 0 Å². The maximum absolute atomic E-state index is 13.2. The van der Waals surface area contributed by atoms with Gasteiger partial charge in [0.1, 0.15) is 5.82 Å². The minimum Gasteiger partial charge on any atom is -0.376 e. The lowest BCUT2D eigenvalue weighted by molar-refractivity contribution is 0.0777. The van der Waals surface area contributed by atoms with Crippen molar-refractivity contribution in [1.29, 1.82) is 5.26 Å². The van der Waals surface area contributed by atoms with Crippen LogP contribution in [0.5, 0.6) is 0 Å². The van der Waals surface area contributed by atoms with E-state index < -0.39 is 0 Å². The topological polar surface area (TPSA) is 33.0 Å². The van der Waals surface area contributed by atoms with Gasteiger partial charge in [-0.1, -0.05) is 18.2 Å². The zero-order valence-corrected chi connectivity index (χ0v) is 9.08. The zero-order chi connectivity index (χ0) is 11.4. The first-order valence-corrected chi connectivity index (χ1v) is 5.44. The van der Waals surface area contributed by atoms with Crippen molar-refractivity contribution in [2.75, 3.05) is 6.61 Å². The van der Waals surface area contributed by atoms with Gasteiger partial charge in [-0.05, 0) is 18.9 Å². The van der Waals surface area contributed by atoms with Gasteiger partial charge in [0.05, 0.1) is 19.3 Å². The van der Waals surface area contributed by atoms with Gasteiger partial charge in [-0.15, -0.1) is 0 Å². The maximum atomic E-state index is 13.2. The van der Waals surface area contributed by atoms with Crippen LogP contribution in [0.1, 0.15) is 24.8 Å². The number of hydrogen-bond acceptors (Lipinski definition) is 2. The molecule has 0 N–H and O–H groups in total. The molecule has 1 saturated carbocycles. The van der Waals surface area contributed by atoms with Crippen molar-refractivity contribution in [3.8, 4) is 6.07 Å². The van der Waals surface area contributed by atoms with Crippen molar-refractivity contribution in [2.45, 2.75) is 25.9 Å². The summed E-state index contributed by atoms with van der Waals surface area (Å²) in [5.41, 5.74) is 0.648. The highest BCUT2D eigenvalue weighted by Gasteiger charge is 2.42. The molecule has 0 aliphatic heterocycles. The van der Waals surface area contributed by atoms with Gasteiger partial charge >= 0.3 is 0 Å². The normalized spacial score (nSPS) is 16.8. The second-order valence-electron chi connectivity index (χ2n) is 4.42. The highest BCUT2D eigenvalue weighted by molar-refractivity contribution is 5.16. The van der Waals surface area contributed by atoms with Crippen molar-refractivity contribution in [2.24, 2.45) is 5.41 Å². The molecule has 1 aromatic carbocycles. The molecule has 0 bridgehead atoms. The van der Waals surface area contributed by atoms with Gasteiger partial charge in [0, 0.05) is 17.4 Å². The summed E-state index contributed by atoms with van der Waals surface area (Å²) in [6.45, 7) is 0.856. The molecule has 0 radical (unpaired) electrons. The van der Waals surface area contributed by atoms with Gasteiger partial charge in [-0.2, -0.15) is 5.26 Å². The molecule has 1 aliphatic rings. The van der Waals surface area contributed by atoms with E-state index in [9.17, 15) is 4.39 Å². The number of rotatable bonds is 5. The van der Waals surface area contributed by atoms with Crippen LogP contribution in [0, 0.1) is 22.6 Å². The van der Waals surface area contributed by atoms with E-state index in [4.69, 9.17) is 10.00 Å². The van der Waals surface area contributed by atoms with Crippen LogP contribution >= 0.6 is 0 Å². The minimum absolute atomic E-state index is 0.0695. The number of hydrogen-bond donors (Lipinski definition) is 0. The second kappa shape index (κ2) is 4.63. The highest BCUT2D eigenvalue weighted by Crippen LogP contribution is 2.48. The largest absolute Gasteiger partial charge is 0.376 e. The molecule has 2 nitrogen and oxygen atoms in total. The zero-order valence-electron chi connectivity index (χ0n) is 9.08. The fraction of sp³-hybridized carbons (Fsp3) is 0.462. The van der Waals surface area contributed by atoms with E-state index in [2.05, 4.69) is 6.07 Å². The molecule has 0 amide bonds. The van der Waals surface area contributed by atoms with Crippen molar-refractivity contribution in [3.63, 3.8) is 0 Å². The average molecular weight is 219 g/mol. The Morgan fingerprint density at radius 2 is 2.12 bits per heavy atom. The van der Waals surface area contributed by atoms with Crippen molar-refractivity contribution in [3.05, 3.63) is 35.6 Å². The van der Waals surface area contributed by atoms with Crippen LogP contribution in [0.15, 0.2) is 24.3 Å². The van der Waals surface area contributed by atoms with Crippen LogP contribution in [0.4, 0.5) is 4.39 Å². The van der Waals surface area contributed by atoms with E-state index in [1.807, 2.05) is 0 Å². The van der Waals surface area contributed by atoms with Crippen LogP contribution in [0.25, 0.3) is 0 Å². The van der Waals surface area contributed by atoms with Crippen LogP contribution < -0.4 is 0 Å². The Morgan fingerprint density at radius 1 is 1.38 bits per heavy atom. The van der Waals surface area contributed by atoms with E-state index in [1.54, 1.807) is 18.2 Å². The summed E-state index contributed by atoms with van der Waals surface area (Å²) in [6.07, 6.45) is 2.65. The molecule has 0 saturated heterocycles. The molecule has 0 atom stereocenters. The molecule has 16 heavy (non-hydrogen) atoms. The maximum Gasteiger partial charge on any atom is 0.128 e. The quantitative estimate of drug-likeness (QED) is 0.762. The second-order valence-corrected chi connectivity index (χ2v) is 4.42. The molecule has 0 unspecified atom stereocenters. The standard InChI is InChI=1S/C13H14FNO/c14-12-4-2-1-3-11(12)9-16-10-13(5-6-13)7-8-15/h1-4H,5-7,9-10H2. The lowest BCUT2D eigenvalue weighted by Gasteiger charge is -2.11. The molecule has 3 heteroatoms. The Hall–Kier alpha value is -1.40. The summed E-state index contributed by atoms with van der Waals surface area (Å²) >= 11 is 0. The predicted molar refractivity (Wildman–Crippen MR) is 58.0 cm³/mol. The van der Waals surface area contributed by atoms with E-state index in [1.165, 1.54) is 6.07 Å². The molecular formula is C13H14FNO. The van der Waals surface area contributed by atoms with Crippen LogP contribution in [0.2, 0.25) is 0 Å². The van der Waals surface area contributed by atoms with Gasteiger partial charge in [0.2, 0.25) is 0 Å². The smallest absolute Gasteiger partial charge is 0.128 e. The van der Waals surface area contributed by atoms with Gasteiger partial charge < -0.3 is 4.74 Å². The van der Waals surface area contributed by atoms with Gasteiger partial charge in [0.25, 0.3) is 0 Å². The first-order valence-electron chi connectivity index (χ1n) is 5.44. The highest BCUT2D eigenvalue weighted by atomic mass is 19.1. The predicted octanol–water partition coefficient (Wildman–Crippen LogP) is 3.04. The molecule has 1 aromatic rings. The van der Waals surface area contributed by atoms with E-state index in [0.717, 1.165) is 12.8 Å². The first kappa shape index (κ1) is 11.1. The van der Waals surface area contributed by atoms with Crippen LogP contribution in [-0.2, 0) is 11.3 Å². The number of nitriles is 1. The molecule has 84 valence electrons. The van der Waals surface area contributed by atoms with Gasteiger partial charge in [0.15, 0.2) is 0 Å². The first-order chi connectivity index (χ1) is 7.76. The Kier molecular flexibility index (Phi) is 3.21. The lowest BCUT2D eigenvalue weighted by atomic mass is 10.1. The number of benzene rings is 1. The molecule has 1 fully saturated rings. The fourth-order valence-corrected chi connectivity index (χ4v) is 1.71. The fourth-order valence-electron chi connectivity index (χ4n) is 1.71. The number of halogens is 1. The van der Waals surface area contributed by atoms with Gasteiger partial charge in [-0.3, -0.25) is 0 Å². The number of ether oxygens (including phenoxy) is 1. The van der Waals surface area contributed by atoms with Gasteiger partial charge in [-0.25, -0.2) is 4.39 Å². The Balaban J connectivity index is 1.81. The summed E-state index contributed by atoms with van der Waals surface area (Å²) in [5, 5.41) is 8.64. The summed E-state index contributed by atoms with van der Waals surface area (Å²) < 4.78 is 18.7.